The zero-order valence-electron chi connectivity index (χ0n) is 33.4. The Morgan fingerprint density at radius 3 is 2.46 bits per heavy atom. The van der Waals surface area contributed by atoms with Crippen molar-refractivity contribution >= 4 is 44.9 Å². The second kappa shape index (κ2) is 20.3. The predicted molar refractivity (Wildman–Crippen MR) is 216 cm³/mol. The first-order valence-corrected chi connectivity index (χ1v) is 22.2. The van der Waals surface area contributed by atoms with Gasteiger partial charge in [-0.25, -0.2) is 18.2 Å². The third kappa shape index (κ3) is 12.3. The smallest absolute Gasteiger partial charge is 0.405 e. The Morgan fingerprint density at radius 2 is 1.74 bits per heavy atom. The van der Waals surface area contributed by atoms with Crippen LogP contribution >= 0.6 is 0 Å². The van der Waals surface area contributed by atoms with Crippen molar-refractivity contribution in [2.75, 3.05) is 13.7 Å². The van der Waals surface area contributed by atoms with Gasteiger partial charge in [-0.05, 0) is 89.2 Å². The van der Waals surface area contributed by atoms with E-state index in [1.807, 2.05) is 24.3 Å². The Labute approximate surface area is 335 Å². The first-order valence-electron chi connectivity index (χ1n) is 20.7. The molecule has 1 saturated heterocycles. The molecular weight excluding hydrogens is 753 g/mol. The van der Waals surface area contributed by atoms with E-state index >= 15 is 0 Å². The molecule has 5 N–H and O–H groups in total. The number of carbonyl (C=O) groups excluding carboxylic acids is 3. The minimum absolute atomic E-state index is 0.0680. The monoisotopic (exact) mass is 812 g/mol. The lowest BCUT2D eigenvalue weighted by Gasteiger charge is -2.29. The number of carbonyl (C=O) groups is 4. The molecule has 0 spiro atoms. The van der Waals surface area contributed by atoms with Crippen LogP contribution in [0.5, 0.6) is 5.75 Å². The molecule has 314 valence electrons. The maximum Gasteiger partial charge on any atom is 0.405 e. The van der Waals surface area contributed by atoms with Gasteiger partial charge in [-0.3, -0.25) is 23.9 Å². The van der Waals surface area contributed by atoms with E-state index in [1.54, 1.807) is 20.1 Å². The number of benzene rings is 1. The summed E-state index contributed by atoms with van der Waals surface area (Å²) in [5, 5.41) is 14.1. The fourth-order valence-corrected chi connectivity index (χ4v) is 9.21. The molecule has 6 rings (SSSR count). The van der Waals surface area contributed by atoms with Gasteiger partial charge in [0.15, 0.2) is 0 Å². The van der Waals surface area contributed by atoms with Crippen LogP contribution < -0.4 is 25.7 Å². The van der Waals surface area contributed by atoms with Crippen molar-refractivity contribution in [2.45, 2.75) is 152 Å². The maximum absolute atomic E-state index is 13.1. The number of unbranched alkanes of at least 4 members (excludes halogenated alkanes) is 2. The molecule has 0 radical (unpaired) electrons. The van der Waals surface area contributed by atoms with E-state index in [2.05, 4.69) is 25.3 Å². The van der Waals surface area contributed by atoms with Crippen LogP contribution in [0.4, 0.5) is 4.79 Å². The van der Waals surface area contributed by atoms with Gasteiger partial charge in [-0.2, -0.15) is 0 Å². The molecule has 3 heterocycles. The van der Waals surface area contributed by atoms with Crippen molar-refractivity contribution in [3.05, 3.63) is 46.4 Å². The number of ether oxygens (including phenoxy) is 1. The number of methoxy groups -OCH3 is 1. The fraction of sp³-hybridized carbons (Fsp3) is 0.659. The molecule has 57 heavy (non-hydrogen) atoms. The number of rotatable bonds is 11. The normalized spacial score (nSPS) is 23.5. The van der Waals surface area contributed by atoms with Gasteiger partial charge in [0.2, 0.25) is 21.8 Å². The summed E-state index contributed by atoms with van der Waals surface area (Å²) in [5.74, 6) is -0.129. The predicted octanol–water partition coefficient (Wildman–Crippen LogP) is 5.23. The Kier molecular flexibility index (Phi) is 15.5. The Hall–Kier alpha value is -4.47. The van der Waals surface area contributed by atoms with Crippen molar-refractivity contribution in [2.24, 2.45) is 5.92 Å². The van der Waals surface area contributed by atoms with E-state index in [0.717, 1.165) is 48.4 Å². The van der Waals surface area contributed by atoms with Gasteiger partial charge in [0.25, 0.3) is 11.5 Å². The third-order valence-corrected chi connectivity index (χ3v) is 14.0. The van der Waals surface area contributed by atoms with Gasteiger partial charge in [0, 0.05) is 12.6 Å². The summed E-state index contributed by atoms with van der Waals surface area (Å²) in [4.78, 5) is 71.3. The molecule has 1 aromatic carbocycles. The van der Waals surface area contributed by atoms with E-state index < -0.39 is 56.7 Å². The molecule has 3 atom stereocenters. The summed E-state index contributed by atoms with van der Waals surface area (Å²) in [7, 11) is -2.25. The summed E-state index contributed by atoms with van der Waals surface area (Å²) >= 11 is 0. The largest absolute Gasteiger partial charge is 0.497 e. The number of aromatic nitrogens is 2. The molecule has 4 aliphatic rings. The van der Waals surface area contributed by atoms with Crippen LogP contribution in [-0.4, -0.2) is 88.7 Å². The van der Waals surface area contributed by atoms with Crippen LogP contribution in [0.2, 0.25) is 0 Å². The van der Waals surface area contributed by atoms with Gasteiger partial charge in [0.05, 0.1) is 22.9 Å². The molecule has 2 saturated carbocycles. The molecule has 15 nitrogen and oxygen atoms in total. The van der Waals surface area contributed by atoms with Gasteiger partial charge < -0.3 is 30.4 Å². The topological polar surface area (TPSA) is 217 Å². The van der Waals surface area contributed by atoms with E-state index in [9.17, 15) is 37.5 Å². The Morgan fingerprint density at radius 1 is 0.982 bits per heavy atom. The fourth-order valence-electron chi connectivity index (χ4n) is 7.92. The molecular formula is C41H60N6O9S. The zero-order valence-corrected chi connectivity index (χ0v) is 34.2. The molecule has 2 aliphatic heterocycles. The lowest BCUT2D eigenvalue weighted by atomic mass is 9.99. The summed E-state index contributed by atoms with van der Waals surface area (Å²) in [6.07, 6.45) is 19.0. The minimum Gasteiger partial charge on any atom is -0.497 e. The average Bonchev–Trinajstić information content (AvgIpc) is 3.51. The second-order valence-corrected chi connectivity index (χ2v) is 18.4. The van der Waals surface area contributed by atoms with Crippen LogP contribution in [0.15, 0.2) is 35.1 Å². The Bertz CT molecular complexity index is 1920. The van der Waals surface area contributed by atoms with E-state index in [-0.39, 0.29) is 12.0 Å². The highest BCUT2D eigenvalue weighted by Gasteiger charge is 2.51. The summed E-state index contributed by atoms with van der Waals surface area (Å²) in [5.41, 5.74) is 2.15. The lowest BCUT2D eigenvalue weighted by molar-refractivity contribution is -0.140. The quantitative estimate of drug-likeness (QED) is 0.147. The number of sulfonamides is 1. The highest BCUT2D eigenvalue weighted by molar-refractivity contribution is 7.91. The van der Waals surface area contributed by atoms with Gasteiger partial charge in [-0.15, -0.1) is 0 Å². The SMILES string of the molecule is CC1(S(=O)(=O)NC(=O)C2C/C=C\CCCCC[C@H](NC(=O)O)C(=O)N3CCCC3C(=O)N2)CC1.COc1ccc2nc(CCCCCC3CCCC3)c(=O)[nH]c2c1. The molecule has 16 heteroatoms. The second-order valence-electron chi connectivity index (χ2n) is 16.2. The van der Waals surface area contributed by atoms with E-state index in [1.165, 1.54) is 49.8 Å². The minimum atomic E-state index is -3.87. The van der Waals surface area contributed by atoms with Crippen LogP contribution in [0.1, 0.15) is 128 Å². The number of aryl methyl sites for hydroxylation is 1. The number of nitrogens with one attached hydrogen (secondary N) is 4. The number of H-pyrrole nitrogens is 1. The number of nitrogens with zero attached hydrogens (tertiary/aromatic N) is 2. The van der Waals surface area contributed by atoms with Crippen molar-refractivity contribution in [3.8, 4) is 5.75 Å². The Balaban J connectivity index is 0.000000234. The van der Waals surface area contributed by atoms with Crippen molar-refractivity contribution in [1.29, 1.82) is 0 Å². The number of allylic oxidation sites excluding steroid dienone is 1. The molecule has 2 unspecified atom stereocenters. The number of hydrogen-bond acceptors (Lipinski definition) is 9. The first-order chi connectivity index (χ1) is 27.3. The van der Waals surface area contributed by atoms with E-state index in [0.29, 0.717) is 57.2 Å². The summed E-state index contributed by atoms with van der Waals surface area (Å²) in [6.45, 7) is 1.87. The molecule has 2 aromatic rings. The molecule has 1 aromatic heterocycles. The molecule has 2 aliphatic carbocycles. The van der Waals surface area contributed by atoms with Gasteiger partial charge in [-0.1, -0.05) is 69.9 Å². The molecule has 0 bridgehead atoms. The highest BCUT2D eigenvalue weighted by Crippen LogP contribution is 2.42. The van der Waals surface area contributed by atoms with Crippen molar-refractivity contribution < 1.29 is 37.4 Å². The van der Waals surface area contributed by atoms with Crippen molar-refractivity contribution in [3.63, 3.8) is 0 Å². The lowest BCUT2D eigenvalue weighted by Crippen LogP contribution is -2.56. The number of amides is 4. The van der Waals surface area contributed by atoms with Crippen molar-refractivity contribution in [1.82, 2.24) is 30.2 Å². The number of carboxylic acid groups (broad SMARTS) is 1. The van der Waals surface area contributed by atoms with Gasteiger partial charge >= 0.3 is 6.09 Å². The average molecular weight is 813 g/mol. The van der Waals surface area contributed by atoms with Crippen LogP contribution in [0.25, 0.3) is 11.0 Å². The first kappa shape index (κ1) is 43.6. The number of fused-ring (bicyclic) bond motifs is 2. The maximum atomic E-state index is 13.1. The highest BCUT2D eigenvalue weighted by atomic mass is 32.2. The van der Waals surface area contributed by atoms with E-state index in [4.69, 9.17) is 4.74 Å². The number of hydrogen-bond donors (Lipinski definition) is 5. The van der Waals surface area contributed by atoms with Crippen LogP contribution in [0.3, 0.4) is 0 Å². The van der Waals surface area contributed by atoms with Crippen LogP contribution in [-0.2, 0) is 30.8 Å². The number of aromatic amines is 1. The summed E-state index contributed by atoms with van der Waals surface area (Å²) < 4.78 is 31.4. The zero-order chi connectivity index (χ0) is 41.0. The third-order valence-electron chi connectivity index (χ3n) is 11.8. The molecule has 4 amide bonds. The standard InChI is InChI=1S/C22H34N4O7S.C19H26N2O2/c1-22(12-13-22)34(32,33)25-18(27)15-9-6-4-2-3-5-7-10-16(24-21(30)31)20(29)26-14-8-11-17(26)19(28)23-15;1-23-15-11-12-16-18(13-15)21-19(22)17(20-16)10-4-2-3-7-14-8-5-6-9-14/h4,6,15-17,24H,2-3,5,7-14H2,1H3,(H,23,28)(H,25,27)(H,30,31);11-14H,2-10H2,1H3,(H,21,22)/b6-4-;/t15?,16-,17?;/m0./s1. The molecule has 3 fully saturated rings. The van der Waals surface area contributed by atoms with Gasteiger partial charge in [0.1, 0.15) is 29.6 Å². The van der Waals surface area contributed by atoms with Crippen LogP contribution in [0, 0.1) is 5.92 Å². The summed E-state index contributed by atoms with van der Waals surface area (Å²) in [6, 6.07) is 2.67.